The van der Waals surface area contributed by atoms with Crippen LogP contribution in [-0.4, -0.2) is 0 Å². The van der Waals surface area contributed by atoms with Crippen molar-refractivity contribution in [2.24, 2.45) is 0 Å². The predicted molar refractivity (Wildman–Crippen MR) is 94.9 cm³/mol. The molecule has 3 aromatic carbocycles. The predicted octanol–water partition coefficient (Wildman–Crippen LogP) is 6.12. The summed E-state index contributed by atoms with van der Waals surface area (Å²) < 4.78 is 0. The fourth-order valence-electron chi connectivity index (χ4n) is 2.60. The molecule has 3 rings (SSSR count). The standard InChI is InChI=1S/C22H21/c1-22(2,3)21-15-13-20(14-16-21)19-11-9-18(10-12-19)17-7-5-4-6-8-17/h5-16H,1-3H3. The van der Waals surface area contributed by atoms with Crippen molar-refractivity contribution in [2.45, 2.75) is 26.2 Å². The maximum Gasteiger partial charge on any atom is -0.0132 e. The maximum absolute atomic E-state index is 3.06. The zero-order valence-corrected chi connectivity index (χ0v) is 13.4. The Hall–Kier alpha value is -2.34. The molecule has 0 atom stereocenters. The summed E-state index contributed by atoms with van der Waals surface area (Å²) in [7, 11) is 0. The Balaban J connectivity index is 1.87. The molecule has 0 unspecified atom stereocenters. The summed E-state index contributed by atoms with van der Waals surface area (Å²) in [4.78, 5) is 0. The zero-order valence-electron chi connectivity index (χ0n) is 13.4. The van der Waals surface area contributed by atoms with Crippen LogP contribution in [-0.2, 0) is 5.41 Å². The molecular formula is C22H21. The summed E-state index contributed by atoms with van der Waals surface area (Å²) >= 11 is 0. The molecule has 22 heavy (non-hydrogen) atoms. The van der Waals surface area contributed by atoms with Gasteiger partial charge in [0.1, 0.15) is 0 Å². The molecule has 0 fully saturated rings. The Morgan fingerprint density at radius 2 is 0.909 bits per heavy atom. The first-order chi connectivity index (χ1) is 10.5. The lowest BCUT2D eigenvalue weighted by atomic mass is 9.86. The largest absolute Gasteiger partial charge is 0.0579 e. The van der Waals surface area contributed by atoms with Crippen LogP contribution in [0, 0.1) is 6.07 Å². The second-order valence-corrected chi connectivity index (χ2v) is 6.69. The molecule has 0 nitrogen and oxygen atoms in total. The summed E-state index contributed by atoms with van der Waals surface area (Å²) in [5, 5.41) is 0. The summed E-state index contributed by atoms with van der Waals surface area (Å²) in [6.45, 7) is 6.73. The average molecular weight is 285 g/mol. The van der Waals surface area contributed by atoms with Crippen LogP contribution in [0.15, 0.2) is 72.8 Å². The van der Waals surface area contributed by atoms with Crippen molar-refractivity contribution < 1.29 is 0 Å². The molecule has 0 aromatic heterocycles. The van der Waals surface area contributed by atoms with Gasteiger partial charge in [0.2, 0.25) is 0 Å². The third kappa shape index (κ3) is 3.12. The van der Waals surface area contributed by atoms with Gasteiger partial charge in [-0.3, -0.25) is 0 Å². The first kappa shape index (κ1) is 14.6. The van der Waals surface area contributed by atoms with Crippen LogP contribution >= 0.6 is 0 Å². The molecule has 3 aromatic rings. The van der Waals surface area contributed by atoms with E-state index in [1.807, 2.05) is 12.1 Å². The smallest absolute Gasteiger partial charge is 0.0132 e. The molecular weight excluding hydrogens is 264 g/mol. The van der Waals surface area contributed by atoms with Gasteiger partial charge in [0, 0.05) is 0 Å². The Bertz CT molecular complexity index is 727. The van der Waals surface area contributed by atoms with E-state index in [9.17, 15) is 0 Å². The van der Waals surface area contributed by atoms with Gasteiger partial charge < -0.3 is 0 Å². The third-order valence-corrected chi connectivity index (χ3v) is 4.02. The van der Waals surface area contributed by atoms with Crippen LogP contribution in [0.25, 0.3) is 22.3 Å². The highest BCUT2D eigenvalue weighted by Gasteiger charge is 2.12. The van der Waals surface area contributed by atoms with E-state index in [0.29, 0.717) is 0 Å². The average Bonchev–Trinajstić information content (AvgIpc) is 2.55. The van der Waals surface area contributed by atoms with Gasteiger partial charge in [-0.2, -0.15) is 0 Å². The molecule has 0 saturated heterocycles. The van der Waals surface area contributed by atoms with Crippen molar-refractivity contribution in [3.63, 3.8) is 0 Å². The molecule has 0 aliphatic carbocycles. The van der Waals surface area contributed by atoms with Crippen LogP contribution in [0.4, 0.5) is 0 Å². The second kappa shape index (κ2) is 5.81. The monoisotopic (exact) mass is 285 g/mol. The van der Waals surface area contributed by atoms with Crippen molar-refractivity contribution in [2.75, 3.05) is 0 Å². The van der Waals surface area contributed by atoms with E-state index < -0.39 is 0 Å². The quantitative estimate of drug-likeness (QED) is 0.532. The highest BCUT2D eigenvalue weighted by Crippen LogP contribution is 2.28. The minimum absolute atomic E-state index is 0.201. The molecule has 0 amide bonds. The minimum Gasteiger partial charge on any atom is -0.0579 e. The fourth-order valence-corrected chi connectivity index (χ4v) is 2.60. The maximum atomic E-state index is 3.06. The molecule has 0 bridgehead atoms. The van der Waals surface area contributed by atoms with Crippen LogP contribution < -0.4 is 0 Å². The van der Waals surface area contributed by atoms with Crippen molar-refractivity contribution in [1.82, 2.24) is 0 Å². The topological polar surface area (TPSA) is 0 Å². The lowest BCUT2D eigenvalue weighted by Crippen LogP contribution is -2.10. The van der Waals surface area contributed by atoms with Crippen molar-refractivity contribution in [3.8, 4) is 22.3 Å². The third-order valence-electron chi connectivity index (χ3n) is 4.02. The number of hydrogen-bond acceptors (Lipinski definition) is 0. The number of benzene rings is 3. The van der Waals surface area contributed by atoms with Gasteiger partial charge in [-0.25, -0.2) is 0 Å². The summed E-state index contributed by atoms with van der Waals surface area (Å²) in [6.07, 6.45) is 0. The van der Waals surface area contributed by atoms with Crippen LogP contribution in [0.3, 0.4) is 0 Å². The summed E-state index contributed by atoms with van der Waals surface area (Å²) in [5.41, 5.74) is 6.56. The first-order valence-corrected chi connectivity index (χ1v) is 7.71. The Morgan fingerprint density at radius 1 is 0.545 bits per heavy atom. The SMILES string of the molecule is CC(C)(C)c1ccc(-c2ccc(-c3cc[c]cc3)cc2)cc1. The van der Waals surface area contributed by atoms with E-state index >= 15 is 0 Å². The van der Waals surface area contributed by atoms with E-state index in [1.165, 1.54) is 27.8 Å². The Kier molecular flexibility index (Phi) is 3.85. The molecule has 0 spiro atoms. The molecule has 0 saturated carbocycles. The molecule has 0 heteroatoms. The number of rotatable bonds is 2. The first-order valence-electron chi connectivity index (χ1n) is 7.71. The van der Waals surface area contributed by atoms with Gasteiger partial charge in [-0.05, 0) is 39.3 Å². The van der Waals surface area contributed by atoms with E-state index in [-0.39, 0.29) is 5.41 Å². The van der Waals surface area contributed by atoms with Gasteiger partial charge in [0.25, 0.3) is 0 Å². The normalized spacial score (nSPS) is 11.4. The van der Waals surface area contributed by atoms with Gasteiger partial charge >= 0.3 is 0 Å². The van der Waals surface area contributed by atoms with Gasteiger partial charge in [0.05, 0.1) is 0 Å². The summed E-state index contributed by atoms with van der Waals surface area (Å²) in [6, 6.07) is 28.8. The molecule has 0 aliphatic rings. The zero-order chi connectivity index (χ0) is 15.6. The van der Waals surface area contributed by atoms with Crippen molar-refractivity contribution in [1.29, 1.82) is 0 Å². The van der Waals surface area contributed by atoms with Crippen LogP contribution in [0.2, 0.25) is 0 Å². The van der Waals surface area contributed by atoms with E-state index in [1.54, 1.807) is 0 Å². The van der Waals surface area contributed by atoms with E-state index in [2.05, 4.69) is 87.5 Å². The van der Waals surface area contributed by atoms with Gasteiger partial charge in [0.15, 0.2) is 0 Å². The van der Waals surface area contributed by atoms with Gasteiger partial charge in [-0.1, -0.05) is 93.6 Å². The molecule has 0 N–H and O–H groups in total. The van der Waals surface area contributed by atoms with Gasteiger partial charge in [-0.15, -0.1) is 0 Å². The fraction of sp³-hybridized carbons (Fsp3) is 0.182. The molecule has 0 aliphatic heterocycles. The molecule has 109 valence electrons. The lowest BCUT2D eigenvalue weighted by molar-refractivity contribution is 0.590. The Morgan fingerprint density at radius 3 is 1.32 bits per heavy atom. The number of hydrogen-bond donors (Lipinski definition) is 0. The van der Waals surface area contributed by atoms with E-state index in [0.717, 1.165) is 0 Å². The Labute approximate surface area is 133 Å². The molecule has 0 heterocycles. The highest BCUT2D eigenvalue weighted by atomic mass is 14.2. The van der Waals surface area contributed by atoms with Crippen LogP contribution in [0.1, 0.15) is 26.3 Å². The molecule has 1 radical (unpaired) electrons. The van der Waals surface area contributed by atoms with E-state index in [4.69, 9.17) is 0 Å². The highest BCUT2D eigenvalue weighted by molar-refractivity contribution is 5.70. The van der Waals surface area contributed by atoms with Crippen molar-refractivity contribution in [3.05, 3.63) is 84.4 Å². The van der Waals surface area contributed by atoms with Crippen molar-refractivity contribution >= 4 is 0 Å². The second-order valence-electron chi connectivity index (χ2n) is 6.69. The minimum atomic E-state index is 0.201. The summed E-state index contributed by atoms with van der Waals surface area (Å²) in [5.74, 6) is 0. The lowest BCUT2D eigenvalue weighted by Gasteiger charge is -2.19. The van der Waals surface area contributed by atoms with Crippen LogP contribution in [0.5, 0.6) is 0 Å².